The van der Waals surface area contributed by atoms with Gasteiger partial charge in [-0.15, -0.1) is 0 Å². The number of rotatable bonds is 6. The quantitative estimate of drug-likeness (QED) is 0.554. The van der Waals surface area contributed by atoms with E-state index in [-0.39, 0.29) is 17.9 Å². The van der Waals surface area contributed by atoms with Crippen LogP contribution in [0.3, 0.4) is 0 Å². The first-order valence-corrected chi connectivity index (χ1v) is 10.7. The standard InChI is InChI=1S/C24H24N6O2/c1-16-11-17(5-8-25-16)19-13-26-23(27-14-19)30-15-24(6-7-24)20-4-3-18(12-21(20)30)22(31)29(2)10-9-28-32/h3-5,8,11-14H,6-7,9-10,15H2,1-2H3. The average Bonchev–Trinajstić information content (AvgIpc) is 3.53. The normalized spacial score (nSPS) is 15.5. The number of amides is 1. The zero-order valence-corrected chi connectivity index (χ0v) is 18.2. The van der Waals surface area contributed by atoms with E-state index >= 15 is 0 Å². The lowest BCUT2D eigenvalue weighted by molar-refractivity contribution is 0.0799. The van der Waals surface area contributed by atoms with E-state index in [1.165, 1.54) is 10.5 Å². The average molecular weight is 428 g/mol. The summed E-state index contributed by atoms with van der Waals surface area (Å²) in [5.74, 6) is 0.505. The molecule has 1 fully saturated rings. The Morgan fingerprint density at radius 3 is 2.59 bits per heavy atom. The maximum atomic E-state index is 12.8. The van der Waals surface area contributed by atoms with Gasteiger partial charge >= 0.3 is 0 Å². The fourth-order valence-corrected chi connectivity index (χ4v) is 4.41. The van der Waals surface area contributed by atoms with E-state index in [1.807, 2.05) is 43.6 Å². The highest BCUT2D eigenvalue weighted by molar-refractivity contribution is 5.96. The lowest BCUT2D eigenvalue weighted by atomic mass is 9.97. The Morgan fingerprint density at radius 1 is 1.12 bits per heavy atom. The van der Waals surface area contributed by atoms with Crippen LogP contribution in [0.1, 0.15) is 34.5 Å². The van der Waals surface area contributed by atoms with E-state index in [9.17, 15) is 9.70 Å². The molecule has 1 aliphatic heterocycles. The number of carbonyl (C=O) groups is 1. The molecular weight excluding hydrogens is 404 g/mol. The second kappa shape index (κ2) is 7.78. The lowest BCUT2D eigenvalue weighted by Gasteiger charge is -2.19. The van der Waals surface area contributed by atoms with Gasteiger partial charge in [-0.05, 0) is 55.2 Å². The van der Waals surface area contributed by atoms with Crippen molar-refractivity contribution in [3.05, 3.63) is 70.7 Å². The molecule has 5 rings (SSSR count). The second-order valence-electron chi connectivity index (χ2n) is 8.64. The molecule has 1 aromatic carbocycles. The number of benzene rings is 1. The molecule has 0 saturated heterocycles. The molecular formula is C24H24N6O2. The van der Waals surface area contributed by atoms with Gasteiger partial charge in [0.2, 0.25) is 5.95 Å². The van der Waals surface area contributed by atoms with Crippen LogP contribution in [0, 0.1) is 11.8 Å². The Balaban J connectivity index is 1.46. The van der Waals surface area contributed by atoms with E-state index < -0.39 is 0 Å². The molecule has 3 aromatic rings. The first kappa shape index (κ1) is 20.2. The third-order valence-electron chi connectivity index (χ3n) is 6.40. The summed E-state index contributed by atoms with van der Waals surface area (Å²) in [7, 11) is 1.68. The summed E-state index contributed by atoms with van der Waals surface area (Å²) in [6.07, 6.45) is 7.72. The van der Waals surface area contributed by atoms with Crippen LogP contribution >= 0.6 is 0 Å². The van der Waals surface area contributed by atoms with Crippen molar-refractivity contribution in [1.29, 1.82) is 0 Å². The van der Waals surface area contributed by atoms with Gasteiger partial charge in [0, 0.05) is 66.7 Å². The summed E-state index contributed by atoms with van der Waals surface area (Å²) in [4.78, 5) is 40.5. The van der Waals surface area contributed by atoms with Crippen molar-refractivity contribution >= 4 is 17.5 Å². The highest BCUT2D eigenvalue weighted by Crippen LogP contribution is 2.57. The van der Waals surface area contributed by atoms with E-state index in [0.29, 0.717) is 18.1 Å². The molecule has 1 saturated carbocycles. The van der Waals surface area contributed by atoms with E-state index in [1.54, 1.807) is 13.2 Å². The molecule has 0 unspecified atom stereocenters. The van der Waals surface area contributed by atoms with E-state index in [2.05, 4.69) is 31.1 Å². The smallest absolute Gasteiger partial charge is 0.253 e. The maximum absolute atomic E-state index is 12.8. The minimum Gasteiger partial charge on any atom is -0.340 e. The van der Waals surface area contributed by atoms with Crippen LogP contribution in [0.25, 0.3) is 11.1 Å². The van der Waals surface area contributed by atoms with Crippen LogP contribution in [-0.2, 0) is 5.41 Å². The molecule has 162 valence electrons. The number of aromatic nitrogens is 3. The number of pyridine rings is 1. The summed E-state index contributed by atoms with van der Waals surface area (Å²) in [5.41, 5.74) is 5.88. The fourth-order valence-electron chi connectivity index (χ4n) is 4.41. The van der Waals surface area contributed by atoms with Crippen LogP contribution in [0.5, 0.6) is 0 Å². The number of nitroso groups, excluding NO2 is 1. The van der Waals surface area contributed by atoms with E-state index in [4.69, 9.17) is 0 Å². The number of nitrogens with zero attached hydrogens (tertiary/aromatic N) is 6. The van der Waals surface area contributed by atoms with Gasteiger partial charge in [0.1, 0.15) is 0 Å². The Kier molecular flexibility index (Phi) is 4.92. The molecule has 0 radical (unpaired) electrons. The zero-order chi connectivity index (χ0) is 22.3. The van der Waals surface area contributed by atoms with Crippen LogP contribution in [0.4, 0.5) is 11.6 Å². The first-order valence-electron chi connectivity index (χ1n) is 10.7. The van der Waals surface area contributed by atoms with Gasteiger partial charge in [-0.2, -0.15) is 4.91 Å². The largest absolute Gasteiger partial charge is 0.340 e. The molecule has 2 aliphatic rings. The lowest BCUT2D eigenvalue weighted by Crippen LogP contribution is -2.29. The van der Waals surface area contributed by atoms with Crippen LogP contribution in [-0.4, -0.2) is 52.4 Å². The summed E-state index contributed by atoms with van der Waals surface area (Å²) in [6, 6.07) is 9.83. The van der Waals surface area contributed by atoms with Crippen molar-refractivity contribution in [3.63, 3.8) is 0 Å². The highest BCUT2D eigenvalue weighted by Gasteiger charge is 2.52. The number of fused-ring (bicyclic) bond motifs is 2. The molecule has 0 atom stereocenters. The number of aryl methyl sites for hydroxylation is 1. The third-order valence-corrected chi connectivity index (χ3v) is 6.40. The third kappa shape index (κ3) is 3.51. The van der Waals surface area contributed by atoms with Gasteiger partial charge in [-0.3, -0.25) is 9.78 Å². The molecule has 8 heteroatoms. The number of hydrogen-bond acceptors (Lipinski definition) is 7. The summed E-state index contributed by atoms with van der Waals surface area (Å²) in [6.45, 7) is 3.16. The summed E-state index contributed by atoms with van der Waals surface area (Å²) < 4.78 is 0. The van der Waals surface area contributed by atoms with Crippen LogP contribution in [0.15, 0.2) is 54.1 Å². The van der Waals surface area contributed by atoms with E-state index in [0.717, 1.165) is 41.9 Å². The van der Waals surface area contributed by atoms with Gasteiger partial charge < -0.3 is 9.80 Å². The second-order valence-corrected chi connectivity index (χ2v) is 8.64. The van der Waals surface area contributed by atoms with Crippen molar-refractivity contribution in [3.8, 4) is 11.1 Å². The Hall–Kier alpha value is -3.68. The number of likely N-dealkylation sites (N-methyl/N-ethyl adjacent to an activating group) is 1. The Morgan fingerprint density at radius 2 is 1.91 bits per heavy atom. The minimum absolute atomic E-state index is 0.0829. The predicted octanol–water partition coefficient (Wildman–Crippen LogP) is 3.87. The van der Waals surface area contributed by atoms with Gasteiger partial charge in [-0.25, -0.2) is 9.97 Å². The first-order chi connectivity index (χ1) is 15.5. The molecule has 2 aromatic heterocycles. The molecule has 8 nitrogen and oxygen atoms in total. The van der Waals surface area contributed by atoms with Gasteiger partial charge in [0.05, 0.1) is 6.54 Å². The predicted molar refractivity (Wildman–Crippen MR) is 122 cm³/mol. The summed E-state index contributed by atoms with van der Waals surface area (Å²) >= 11 is 0. The SMILES string of the molecule is Cc1cc(-c2cnc(N3CC4(CC4)c4ccc(C(=O)N(C)CCN=O)cc43)nc2)ccn1. The molecule has 3 heterocycles. The minimum atomic E-state index is -0.127. The number of anilines is 2. The van der Waals surface area contributed by atoms with Crippen molar-refractivity contribution in [1.82, 2.24) is 19.9 Å². The monoisotopic (exact) mass is 428 g/mol. The van der Waals surface area contributed by atoms with Crippen LogP contribution in [0.2, 0.25) is 0 Å². The molecule has 0 bridgehead atoms. The zero-order valence-electron chi connectivity index (χ0n) is 18.2. The molecule has 1 aliphatic carbocycles. The van der Waals surface area contributed by atoms with Crippen molar-refractivity contribution in [2.24, 2.45) is 5.18 Å². The van der Waals surface area contributed by atoms with Crippen LogP contribution < -0.4 is 4.90 Å². The Labute approximate surface area is 186 Å². The molecule has 0 N–H and O–H groups in total. The fraction of sp³-hybridized carbons (Fsp3) is 0.333. The maximum Gasteiger partial charge on any atom is 0.253 e. The number of hydrogen-bond donors (Lipinski definition) is 0. The topological polar surface area (TPSA) is 91.7 Å². The molecule has 32 heavy (non-hydrogen) atoms. The molecule has 1 amide bonds. The number of carbonyl (C=O) groups excluding carboxylic acids is 1. The van der Waals surface area contributed by atoms with Crippen molar-refractivity contribution < 1.29 is 4.79 Å². The van der Waals surface area contributed by atoms with Gasteiger partial charge in [0.25, 0.3) is 5.91 Å². The highest BCUT2D eigenvalue weighted by atomic mass is 16.3. The Bertz CT molecular complexity index is 1190. The van der Waals surface area contributed by atoms with Gasteiger partial charge in [0.15, 0.2) is 0 Å². The van der Waals surface area contributed by atoms with Crippen molar-refractivity contribution in [2.75, 3.05) is 31.6 Å². The van der Waals surface area contributed by atoms with Crippen molar-refractivity contribution in [2.45, 2.75) is 25.2 Å². The van der Waals surface area contributed by atoms with Gasteiger partial charge in [-0.1, -0.05) is 11.2 Å². The molecule has 1 spiro atoms. The summed E-state index contributed by atoms with van der Waals surface area (Å²) in [5, 5.41) is 2.85.